The van der Waals surface area contributed by atoms with Crippen LogP contribution in [0.2, 0.25) is 0 Å². The zero-order chi connectivity index (χ0) is 7.42. The van der Waals surface area contributed by atoms with E-state index in [1.165, 1.54) is 11.1 Å². The number of hydrogen-bond donors (Lipinski definition) is 0. The molecule has 1 aliphatic carbocycles. The first-order valence-electron chi connectivity index (χ1n) is 4.15. The van der Waals surface area contributed by atoms with Gasteiger partial charge in [-0.3, -0.25) is 0 Å². The van der Waals surface area contributed by atoms with Gasteiger partial charge in [-0.25, -0.2) is 5.32 Å². The molecule has 0 fully saturated rings. The fraction of sp³-hybridized carbons (Fsp3) is 0.400. The van der Waals surface area contributed by atoms with Crippen LogP contribution in [-0.4, -0.2) is 6.04 Å². The highest BCUT2D eigenvalue weighted by atomic mass is 14.9. The summed E-state index contributed by atoms with van der Waals surface area (Å²) in [6.45, 7) is 3.14. The third-order valence-corrected chi connectivity index (χ3v) is 2.78. The average Bonchev–Trinajstić information content (AvgIpc) is 2.71. The van der Waals surface area contributed by atoms with Crippen molar-refractivity contribution in [3.8, 4) is 0 Å². The van der Waals surface area contributed by atoms with E-state index in [-0.39, 0.29) is 0 Å². The van der Waals surface area contributed by atoms with Gasteiger partial charge in [-0.05, 0) is 23.6 Å². The van der Waals surface area contributed by atoms with Gasteiger partial charge in [0.25, 0.3) is 0 Å². The molecular weight excluding hydrogens is 134 g/mol. The summed E-state index contributed by atoms with van der Waals surface area (Å²) in [7, 11) is 0. The van der Waals surface area contributed by atoms with Crippen molar-refractivity contribution < 1.29 is 0 Å². The molecule has 1 aromatic carbocycles. The fourth-order valence-electron chi connectivity index (χ4n) is 2.07. The fourth-order valence-corrected chi connectivity index (χ4v) is 2.07. The molecule has 1 aromatic rings. The van der Waals surface area contributed by atoms with E-state index in [1.807, 2.05) is 0 Å². The first-order chi connectivity index (χ1) is 5.36. The lowest BCUT2D eigenvalue weighted by Gasteiger charge is -2.09. The molecule has 0 spiro atoms. The Hall–Kier alpha value is -0.820. The lowest BCUT2D eigenvalue weighted by atomic mass is 10.1. The summed E-state index contributed by atoms with van der Waals surface area (Å²) in [4.78, 5) is 0. The summed E-state index contributed by atoms with van der Waals surface area (Å²) < 4.78 is 0. The van der Waals surface area contributed by atoms with Crippen LogP contribution in [0.5, 0.6) is 0 Å². The number of fused-ring (bicyclic) bond motifs is 2. The van der Waals surface area contributed by atoms with Crippen molar-refractivity contribution in [1.82, 2.24) is 5.32 Å². The molecule has 2 atom stereocenters. The van der Waals surface area contributed by atoms with E-state index in [9.17, 15) is 0 Å². The molecule has 2 bridgehead atoms. The molecule has 2 aliphatic rings. The second kappa shape index (κ2) is 1.67. The summed E-state index contributed by atoms with van der Waals surface area (Å²) in [6.07, 6.45) is 0. The second-order valence-electron chi connectivity index (χ2n) is 3.52. The Morgan fingerprint density at radius 3 is 3.18 bits per heavy atom. The molecule has 11 heavy (non-hydrogen) atoms. The molecule has 0 amide bonds. The molecule has 1 nitrogen and oxygen atoms in total. The van der Waals surface area contributed by atoms with Gasteiger partial charge >= 0.3 is 0 Å². The first-order valence-corrected chi connectivity index (χ1v) is 4.15. The lowest BCUT2D eigenvalue weighted by Crippen LogP contribution is -2.18. The van der Waals surface area contributed by atoms with E-state index in [2.05, 4.69) is 30.4 Å². The van der Waals surface area contributed by atoms with Gasteiger partial charge in [0.15, 0.2) is 0 Å². The van der Waals surface area contributed by atoms with Crippen LogP contribution in [0.15, 0.2) is 18.2 Å². The van der Waals surface area contributed by atoms with Gasteiger partial charge in [-0.2, -0.15) is 0 Å². The van der Waals surface area contributed by atoms with Gasteiger partial charge in [-0.15, -0.1) is 0 Å². The Labute approximate surface area is 66.4 Å². The lowest BCUT2D eigenvalue weighted by molar-refractivity contribution is 0.530. The van der Waals surface area contributed by atoms with E-state index in [4.69, 9.17) is 0 Å². The van der Waals surface area contributed by atoms with E-state index in [0.717, 1.165) is 6.54 Å². The van der Waals surface area contributed by atoms with Crippen molar-refractivity contribution in [1.29, 1.82) is 0 Å². The zero-order valence-electron chi connectivity index (χ0n) is 6.54. The summed E-state index contributed by atoms with van der Waals surface area (Å²) in [5.74, 6) is 0.686. The Kier molecular flexibility index (Phi) is 0.878. The van der Waals surface area contributed by atoms with E-state index in [0.29, 0.717) is 12.0 Å². The summed E-state index contributed by atoms with van der Waals surface area (Å²) in [5.41, 5.74) is 4.47. The normalized spacial score (nSPS) is 31.4. The minimum absolute atomic E-state index is 0.527. The van der Waals surface area contributed by atoms with Gasteiger partial charge in [0, 0.05) is 18.5 Å². The maximum Gasteiger partial charge on any atom is 0.0387 e. The summed E-state index contributed by atoms with van der Waals surface area (Å²) >= 11 is 0. The highest BCUT2D eigenvalue weighted by molar-refractivity contribution is 5.56. The van der Waals surface area contributed by atoms with Crippen molar-refractivity contribution in [2.24, 2.45) is 0 Å². The first kappa shape index (κ1) is 5.78. The molecule has 0 saturated heterocycles. The Morgan fingerprint density at radius 2 is 2.27 bits per heavy atom. The van der Waals surface area contributed by atoms with Crippen molar-refractivity contribution in [2.75, 3.05) is 0 Å². The van der Waals surface area contributed by atoms with Crippen LogP contribution in [0.3, 0.4) is 0 Å². The Morgan fingerprint density at radius 1 is 1.36 bits per heavy atom. The smallest absolute Gasteiger partial charge is 0.0387 e. The van der Waals surface area contributed by atoms with Crippen molar-refractivity contribution in [2.45, 2.75) is 25.4 Å². The third kappa shape index (κ3) is 0.641. The van der Waals surface area contributed by atoms with E-state index in [1.54, 1.807) is 5.56 Å². The van der Waals surface area contributed by atoms with E-state index < -0.39 is 0 Å². The molecule has 0 aromatic heterocycles. The highest BCUT2D eigenvalue weighted by Crippen LogP contribution is 2.47. The van der Waals surface area contributed by atoms with Crippen LogP contribution in [0.1, 0.15) is 29.5 Å². The summed E-state index contributed by atoms with van der Waals surface area (Å²) in [6, 6.07) is 7.31. The van der Waals surface area contributed by atoms with Crippen molar-refractivity contribution in [3.05, 3.63) is 34.9 Å². The molecule has 0 saturated carbocycles. The highest BCUT2D eigenvalue weighted by Gasteiger charge is 2.38. The van der Waals surface area contributed by atoms with E-state index >= 15 is 0 Å². The number of rotatable bonds is 0. The topological polar surface area (TPSA) is 14.1 Å². The van der Waals surface area contributed by atoms with Crippen molar-refractivity contribution in [3.63, 3.8) is 0 Å². The maximum absolute atomic E-state index is 4.57. The Balaban J connectivity index is 2.18. The number of hydrogen-bond acceptors (Lipinski definition) is 0. The molecule has 1 heterocycles. The average molecular weight is 144 g/mol. The molecular formula is C10H10N. The molecule has 1 radical (unpaired) electrons. The van der Waals surface area contributed by atoms with Gasteiger partial charge < -0.3 is 0 Å². The predicted molar refractivity (Wildman–Crippen MR) is 43.6 cm³/mol. The second-order valence-corrected chi connectivity index (χ2v) is 3.52. The van der Waals surface area contributed by atoms with Gasteiger partial charge in [-0.1, -0.05) is 18.2 Å². The molecule has 55 valence electrons. The number of nitrogens with zero attached hydrogens (tertiary/aromatic N) is 1. The zero-order valence-corrected chi connectivity index (χ0v) is 6.54. The molecule has 3 rings (SSSR count). The third-order valence-electron chi connectivity index (χ3n) is 2.78. The molecule has 1 aliphatic heterocycles. The van der Waals surface area contributed by atoms with Crippen LogP contribution >= 0.6 is 0 Å². The maximum atomic E-state index is 4.57. The summed E-state index contributed by atoms with van der Waals surface area (Å²) in [5, 5.41) is 4.57. The molecule has 1 heteroatoms. The van der Waals surface area contributed by atoms with Crippen LogP contribution < -0.4 is 5.32 Å². The van der Waals surface area contributed by atoms with Gasteiger partial charge in [0.2, 0.25) is 0 Å². The Bertz CT molecular complexity index is 317. The number of benzene rings is 1. The minimum atomic E-state index is 0.527. The van der Waals surface area contributed by atoms with Crippen LogP contribution in [0.25, 0.3) is 0 Å². The largest absolute Gasteiger partial charge is 0.233 e. The quantitative estimate of drug-likeness (QED) is 0.525. The van der Waals surface area contributed by atoms with Crippen LogP contribution in [0, 0.1) is 0 Å². The van der Waals surface area contributed by atoms with Gasteiger partial charge in [0.1, 0.15) is 0 Å². The SMILES string of the molecule is CC1[N]Cc2ccc3c(c2)C31. The minimum Gasteiger partial charge on any atom is -0.233 e. The predicted octanol–water partition coefficient (Wildman–Crippen LogP) is 1.64. The van der Waals surface area contributed by atoms with Crippen LogP contribution in [-0.2, 0) is 6.54 Å². The molecule has 2 unspecified atom stereocenters. The standard InChI is InChI=1S/C10H10N/c1-6-10-8-3-2-7(5-11-6)4-9(8)10/h2-4,6,10H,5H2,1H3. The van der Waals surface area contributed by atoms with Crippen LogP contribution in [0.4, 0.5) is 0 Å². The van der Waals surface area contributed by atoms with Crippen molar-refractivity contribution >= 4 is 0 Å². The monoisotopic (exact) mass is 144 g/mol. The van der Waals surface area contributed by atoms with Gasteiger partial charge in [0.05, 0.1) is 0 Å². The molecule has 0 N–H and O–H groups in total.